The summed E-state index contributed by atoms with van der Waals surface area (Å²) in [6.07, 6.45) is 4.82. The Labute approximate surface area is 140 Å². The zero-order valence-corrected chi connectivity index (χ0v) is 13.6. The summed E-state index contributed by atoms with van der Waals surface area (Å²) in [4.78, 5) is 16.6. The van der Waals surface area contributed by atoms with Gasteiger partial charge in [-0.05, 0) is 30.2 Å². The largest absolute Gasteiger partial charge is 0.355 e. The first-order valence-corrected chi connectivity index (χ1v) is 8.07. The fraction of sp³-hybridized carbons (Fsp3) is 0.263. The van der Waals surface area contributed by atoms with E-state index in [0.717, 1.165) is 11.3 Å². The van der Waals surface area contributed by atoms with Gasteiger partial charge in [-0.25, -0.2) is 9.37 Å². The lowest BCUT2D eigenvalue weighted by Crippen LogP contribution is -2.32. The van der Waals surface area contributed by atoms with Crippen LogP contribution < -0.4 is 5.32 Å². The monoisotopic (exact) mass is 325 g/mol. The van der Waals surface area contributed by atoms with Crippen LogP contribution in [0.15, 0.2) is 54.9 Å². The molecule has 0 saturated heterocycles. The number of carbonyl (C=O) groups excluding carboxylic acids is 1. The molecule has 24 heavy (non-hydrogen) atoms. The third-order valence-corrected chi connectivity index (χ3v) is 4.09. The first-order chi connectivity index (χ1) is 11.6. The molecule has 3 rings (SSSR count). The van der Waals surface area contributed by atoms with Gasteiger partial charge in [-0.2, -0.15) is 0 Å². The van der Waals surface area contributed by atoms with Crippen molar-refractivity contribution >= 4 is 11.4 Å². The zero-order valence-electron chi connectivity index (χ0n) is 13.6. The van der Waals surface area contributed by atoms with E-state index in [4.69, 9.17) is 0 Å². The number of hydrogen-bond donors (Lipinski definition) is 1. The maximum absolute atomic E-state index is 13.7. The number of aromatic nitrogens is 2. The number of amides is 1. The molecule has 0 spiro atoms. The Kier molecular flexibility index (Phi) is 4.89. The molecule has 0 fully saturated rings. The SMILES string of the molecule is CC(Cc1ccccc1F)C(=O)NCCc1ncc2ccccn12. The molecule has 3 aromatic rings. The lowest BCUT2D eigenvalue weighted by Gasteiger charge is -2.12. The highest BCUT2D eigenvalue weighted by Gasteiger charge is 2.15. The lowest BCUT2D eigenvalue weighted by molar-refractivity contribution is -0.124. The van der Waals surface area contributed by atoms with Crippen molar-refractivity contribution in [3.63, 3.8) is 0 Å². The van der Waals surface area contributed by atoms with E-state index in [1.807, 2.05) is 41.9 Å². The van der Waals surface area contributed by atoms with E-state index >= 15 is 0 Å². The van der Waals surface area contributed by atoms with Crippen LogP contribution in [0.1, 0.15) is 18.3 Å². The van der Waals surface area contributed by atoms with Crippen molar-refractivity contribution in [1.29, 1.82) is 0 Å². The molecule has 1 unspecified atom stereocenters. The minimum atomic E-state index is -0.279. The average molecular weight is 325 g/mol. The van der Waals surface area contributed by atoms with Crippen molar-refractivity contribution in [2.75, 3.05) is 6.54 Å². The van der Waals surface area contributed by atoms with Crippen molar-refractivity contribution in [3.8, 4) is 0 Å². The van der Waals surface area contributed by atoms with Crippen molar-refractivity contribution in [2.45, 2.75) is 19.8 Å². The Morgan fingerprint density at radius 2 is 2.04 bits per heavy atom. The summed E-state index contributed by atoms with van der Waals surface area (Å²) in [7, 11) is 0. The molecule has 0 radical (unpaired) electrons. The smallest absolute Gasteiger partial charge is 0.223 e. The van der Waals surface area contributed by atoms with Crippen LogP contribution in [-0.4, -0.2) is 21.8 Å². The highest BCUT2D eigenvalue weighted by molar-refractivity contribution is 5.78. The molecule has 1 atom stereocenters. The Hall–Kier alpha value is -2.69. The van der Waals surface area contributed by atoms with Crippen molar-refractivity contribution in [1.82, 2.24) is 14.7 Å². The van der Waals surface area contributed by atoms with E-state index in [2.05, 4.69) is 10.3 Å². The van der Waals surface area contributed by atoms with Crippen LogP contribution in [0.3, 0.4) is 0 Å². The summed E-state index contributed by atoms with van der Waals surface area (Å²) in [5.74, 6) is 0.298. The number of pyridine rings is 1. The second-order valence-electron chi connectivity index (χ2n) is 5.91. The molecule has 0 bridgehead atoms. The lowest BCUT2D eigenvalue weighted by atomic mass is 10.00. The molecule has 0 aliphatic rings. The van der Waals surface area contributed by atoms with Gasteiger partial charge in [-0.3, -0.25) is 4.79 Å². The molecule has 1 aromatic carbocycles. The number of benzene rings is 1. The highest BCUT2D eigenvalue weighted by atomic mass is 19.1. The van der Waals surface area contributed by atoms with E-state index in [9.17, 15) is 9.18 Å². The quantitative estimate of drug-likeness (QED) is 0.757. The number of nitrogens with one attached hydrogen (secondary N) is 1. The summed E-state index contributed by atoms with van der Waals surface area (Å²) in [5, 5.41) is 2.91. The topological polar surface area (TPSA) is 46.4 Å². The molecule has 2 heterocycles. The summed E-state index contributed by atoms with van der Waals surface area (Å²) in [6, 6.07) is 12.5. The van der Waals surface area contributed by atoms with Crippen LogP contribution in [0, 0.1) is 11.7 Å². The maximum Gasteiger partial charge on any atom is 0.223 e. The summed E-state index contributed by atoms with van der Waals surface area (Å²) < 4.78 is 15.7. The second-order valence-corrected chi connectivity index (χ2v) is 5.91. The van der Waals surface area contributed by atoms with E-state index in [1.165, 1.54) is 6.07 Å². The molecular weight excluding hydrogens is 305 g/mol. The van der Waals surface area contributed by atoms with Gasteiger partial charge in [-0.1, -0.05) is 31.2 Å². The van der Waals surface area contributed by atoms with Crippen LogP contribution in [0.4, 0.5) is 4.39 Å². The fourth-order valence-corrected chi connectivity index (χ4v) is 2.74. The molecule has 1 amide bonds. The van der Waals surface area contributed by atoms with E-state index in [-0.39, 0.29) is 17.6 Å². The predicted molar refractivity (Wildman–Crippen MR) is 91.2 cm³/mol. The van der Waals surface area contributed by atoms with Crippen molar-refractivity contribution in [2.24, 2.45) is 5.92 Å². The normalized spacial score (nSPS) is 12.2. The van der Waals surface area contributed by atoms with Gasteiger partial charge in [0.25, 0.3) is 0 Å². The second kappa shape index (κ2) is 7.25. The molecule has 4 nitrogen and oxygen atoms in total. The minimum Gasteiger partial charge on any atom is -0.355 e. The molecule has 2 aromatic heterocycles. The molecule has 0 aliphatic carbocycles. The number of hydrogen-bond acceptors (Lipinski definition) is 2. The first-order valence-electron chi connectivity index (χ1n) is 8.07. The van der Waals surface area contributed by atoms with Crippen molar-refractivity contribution < 1.29 is 9.18 Å². The number of fused-ring (bicyclic) bond motifs is 1. The van der Waals surface area contributed by atoms with Crippen LogP contribution in [0.2, 0.25) is 0 Å². The van der Waals surface area contributed by atoms with Gasteiger partial charge in [0.15, 0.2) is 0 Å². The Balaban J connectivity index is 1.53. The zero-order chi connectivity index (χ0) is 16.9. The molecule has 124 valence electrons. The Morgan fingerprint density at radius 3 is 2.88 bits per heavy atom. The van der Waals surface area contributed by atoms with Gasteiger partial charge in [0, 0.05) is 25.1 Å². The van der Waals surface area contributed by atoms with Gasteiger partial charge in [0.1, 0.15) is 11.6 Å². The number of imidazole rings is 1. The Morgan fingerprint density at radius 1 is 1.25 bits per heavy atom. The van der Waals surface area contributed by atoms with Gasteiger partial charge in [0.05, 0.1) is 11.7 Å². The number of halogens is 1. The molecular formula is C19H20FN3O. The molecule has 0 aliphatic heterocycles. The first kappa shape index (κ1) is 16.2. The highest BCUT2D eigenvalue weighted by Crippen LogP contribution is 2.13. The van der Waals surface area contributed by atoms with Gasteiger partial charge in [0.2, 0.25) is 5.91 Å². The van der Waals surface area contributed by atoms with Crippen LogP contribution in [-0.2, 0) is 17.6 Å². The third-order valence-electron chi connectivity index (χ3n) is 4.09. The average Bonchev–Trinajstić information content (AvgIpc) is 3.00. The van der Waals surface area contributed by atoms with E-state index < -0.39 is 0 Å². The summed E-state index contributed by atoms with van der Waals surface area (Å²) >= 11 is 0. The molecule has 0 saturated carbocycles. The van der Waals surface area contributed by atoms with Crippen LogP contribution in [0.5, 0.6) is 0 Å². The molecule has 5 heteroatoms. The number of nitrogens with zero attached hydrogens (tertiary/aromatic N) is 2. The Bertz CT molecular complexity index is 843. The number of carbonyl (C=O) groups is 1. The van der Waals surface area contributed by atoms with Gasteiger partial charge in [-0.15, -0.1) is 0 Å². The fourth-order valence-electron chi connectivity index (χ4n) is 2.74. The number of rotatable bonds is 6. The molecule has 1 N–H and O–H groups in total. The van der Waals surface area contributed by atoms with Crippen LogP contribution in [0.25, 0.3) is 5.52 Å². The van der Waals surface area contributed by atoms with Crippen LogP contribution >= 0.6 is 0 Å². The summed E-state index contributed by atoms with van der Waals surface area (Å²) in [6.45, 7) is 2.32. The van der Waals surface area contributed by atoms with E-state index in [0.29, 0.717) is 24.9 Å². The minimum absolute atomic E-state index is 0.0703. The maximum atomic E-state index is 13.7. The standard InChI is InChI=1S/C19H20FN3O/c1-14(12-15-6-2-3-8-17(15)20)19(24)21-10-9-18-22-13-16-7-4-5-11-23(16)18/h2-8,11,13-14H,9-10,12H2,1H3,(H,21,24). The van der Waals surface area contributed by atoms with E-state index in [1.54, 1.807) is 18.2 Å². The van der Waals surface area contributed by atoms with Crippen molar-refractivity contribution in [3.05, 3.63) is 72.1 Å². The van der Waals surface area contributed by atoms with Gasteiger partial charge >= 0.3 is 0 Å². The van der Waals surface area contributed by atoms with Gasteiger partial charge < -0.3 is 9.72 Å². The summed E-state index contributed by atoms with van der Waals surface area (Å²) in [5.41, 5.74) is 1.60. The predicted octanol–water partition coefficient (Wildman–Crippen LogP) is 3.01. The third kappa shape index (κ3) is 3.62.